The summed E-state index contributed by atoms with van der Waals surface area (Å²) >= 11 is 0. The van der Waals surface area contributed by atoms with Gasteiger partial charge >= 0.3 is 0 Å². The van der Waals surface area contributed by atoms with E-state index in [0.29, 0.717) is 17.9 Å². The SMILES string of the molecule is CC[C@@H](C(=O)NCc1ccco1)N(c1ccc(C)cc1)S(C)(=O)=O. The molecule has 130 valence electrons. The van der Waals surface area contributed by atoms with E-state index >= 15 is 0 Å². The molecule has 1 atom stereocenters. The quantitative estimate of drug-likeness (QED) is 0.832. The summed E-state index contributed by atoms with van der Waals surface area (Å²) in [5.41, 5.74) is 1.49. The molecule has 0 saturated carbocycles. The second-order valence-electron chi connectivity index (χ2n) is 5.62. The maximum atomic E-state index is 12.5. The summed E-state index contributed by atoms with van der Waals surface area (Å²) < 4.78 is 30.9. The average Bonchev–Trinajstić information content (AvgIpc) is 3.03. The number of amides is 1. The number of sulfonamides is 1. The number of furan rings is 1. The molecule has 0 fully saturated rings. The summed E-state index contributed by atoms with van der Waals surface area (Å²) in [6.45, 7) is 3.92. The van der Waals surface area contributed by atoms with Crippen molar-refractivity contribution >= 4 is 21.6 Å². The van der Waals surface area contributed by atoms with Crippen LogP contribution in [0.2, 0.25) is 0 Å². The lowest BCUT2D eigenvalue weighted by atomic mass is 10.1. The van der Waals surface area contributed by atoms with Gasteiger partial charge in [0.15, 0.2) is 0 Å². The van der Waals surface area contributed by atoms with Gasteiger partial charge in [0.2, 0.25) is 15.9 Å². The van der Waals surface area contributed by atoms with E-state index in [1.807, 2.05) is 19.1 Å². The Morgan fingerprint density at radius 3 is 2.42 bits per heavy atom. The molecule has 0 bridgehead atoms. The second-order valence-corrected chi connectivity index (χ2v) is 7.48. The predicted molar refractivity (Wildman–Crippen MR) is 93.1 cm³/mol. The van der Waals surface area contributed by atoms with Crippen LogP contribution in [-0.2, 0) is 21.4 Å². The molecule has 0 radical (unpaired) electrons. The fraction of sp³-hybridized carbons (Fsp3) is 0.353. The molecule has 1 aromatic carbocycles. The van der Waals surface area contributed by atoms with Crippen molar-refractivity contribution in [2.45, 2.75) is 32.9 Å². The van der Waals surface area contributed by atoms with Crippen LogP contribution in [0.25, 0.3) is 0 Å². The third-order valence-electron chi connectivity index (χ3n) is 3.64. The number of anilines is 1. The molecule has 1 aromatic heterocycles. The van der Waals surface area contributed by atoms with E-state index in [9.17, 15) is 13.2 Å². The number of aryl methyl sites for hydroxylation is 1. The molecule has 7 heteroatoms. The van der Waals surface area contributed by atoms with Crippen molar-refractivity contribution in [1.29, 1.82) is 0 Å². The maximum absolute atomic E-state index is 12.5. The predicted octanol–water partition coefficient (Wildman–Crippen LogP) is 2.45. The van der Waals surface area contributed by atoms with Gasteiger partial charge in [-0.3, -0.25) is 9.10 Å². The number of rotatable bonds is 7. The van der Waals surface area contributed by atoms with Gasteiger partial charge in [-0.1, -0.05) is 24.6 Å². The Kier molecular flexibility index (Phi) is 5.66. The molecule has 0 unspecified atom stereocenters. The monoisotopic (exact) mass is 350 g/mol. The van der Waals surface area contributed by atoms with E-state index in [-0.39, 0.29) is 12.5 Å². The topological polar surface area (TPSA) is 79.6 Å². The minimum absolute atomic E-state index is 0.216. The highest BCUT2D eigenvalue weighted by Crippen LogP contribution is 2.23. The van der Waals surface area contributed by atoms with Gasteiger partial charge in [0.1, 0.15) is 11.8 Å². The minimum atomic E-state index is -3.61. The van der Waals surface area contributed by atoms with Crippen molar-refractivity contribution in [1.82, 2.24) is 5.32 Å². The zero-order valence-corrected chi connectivity index (χ0v) is 14.8. The summed E-state index contributed by atoms with van der Waals surface area (Å²) in [5.74, 6) is 0.249. The van der Waals surface area contributed by atoms with E-state index in [2.05, 4.69) is 5.32 Å². The van der Waals surface area contributed by atoms with Gasteiger partial charge in [-0.05, 0) is 37.6 Å². The first kappa shape index (κ1) is 18.1. The number of nitrogens with one attached hydrogen (secondary N) is 1. The average molecular weight is 350 g/mol. The van der Waals surface area contributed by atoms with Crippen LogP contribution in [0, 0.1) is 6.92 Å². The number of benzene rings is 1. The lowest BCUT2D eigenvalue weighted by Gasteiger charge is -2.30. The molecule has 2 rings (SSSR count). The highest BCUT2D eigenvalue weighted by molar-refractivity contribution is 7.92. The number of nitrogens with zero attached hydrogens (tertiary/aromatic N) is 1. The molecule has 1 N–H and O–H groups in total. The number of carbonyl (C=O) groups is 1. The Morgan fingerprint density at radius 1 is 1.25 bits per heavy atom. The Labute approximate surface area is 142 Å². The number of hydrogen-bond acceptors (Lipinski definition) is 4. The lowest BCUT2D eigenvalue weighted by Crippen LogP contribution is -2.49. The van der Waals surface area contributed by atoms with Gasteiger partial charge in [-0.15, -0.1) is 0 Å². The van der Waals surface area contributed by atoms with Gasteiger partial charge in [0, 0.05) is 0 Å². The van der Waals surface area contributed by atoms with E-state index in [0.717, 1.165) is 11.8 Å². The van der Waals surface area contributed by atoms with E-state index < -0.39 is 16.1 Å². The van der Waals surface area contributed by atoms with Gasteiger partial charge in [0.05, 0.1) is 24.8 Å². The summed E-state index contributed by atoms with van der Waals surface area (Å²) in [7, 11) is -3.61. The summed E-state index contributed by atoms with van der Waals surface area (Å²) in [6, 6.07) is 9.71. The smallest absolute Gasteiger partial charge is 0.244 e. The molecule has 0 saturated heterocycles. The highest BCUT2D eigenvalue weighted by Gasteiger charge is 2.31. The third kappa shape index (κ3) is 4.38. The van der Waals surface area contributed by atoms with Crippen LogP contribution in [0.4, 0.5) is 5.69 Å². The van der Waals surface area contributed by atoms with Crippen molar-refractivity contribution in [2.75, 3.05) is 10.6 Å². The zero-order valence-electron chi connectivity index (χ0n) is 14.0. The highest BCUT2D eigenvalue weighted by atomic mass is 32.2. The van der Waals surface area contributed by atoms with Crippen LogP contribution >= 0.6 is 0 Å². The molecule has 6 nitrogen and oxygen atoms in total. The molecule has 1 heterocycles. The Hall–Kier alpha value is -2.28. The van der Waals surface area contributed by atoms with E-state index in [4.69, 9.17) is 4.42 Å². The molecule has 1 amide bonds. The van der Waals surface area contributed by atoms with Gasteiger partial charge in [0.25, 0.3) is 0 Å². The van der Waals surface area contributed by atoms with Crippen molar-refractivity contribution in [2.24, 2.45) is 0 Å². The normalized spacial score (nSPS) is 12.6. The molecule has 2 aromatic rings. The van der Waals surface area contributed by atoms with Crippen LogP contribution < -0.4 is 9.62 Å². The van der Waals surface area contributed by atoms with Crippen LogP contribution in [-0.4, -0.2) is 26.6 Å². The number of hydrogen-bond donors (Lipinski definition) is 1. The Bertz CT molecular complexity index is 767. The van der Waals surface area contributed by atoms with Crippen LogP contribution in [0.15, 0.2) is 47.1 Å². The molecule has 0 aliphatic heterocycles. The Balaban J connectivity index is 2.25. The molecule has 24 heavy (non-hydrogen) atoms. The largest absolute Gasteiger partial charge is 0.467 e. The molecule has 0 spiro atoms. The van der Waals surface area contributed by atoms with E-state index in [1.165, 1.54) is 10.6 Å². The molecular formula is C17H22N2O4S. The summed E-state index contributed by atoms with van der Waals surface area (Å²) in [6.07, 6.45) is 2.98. The maximum Gasteiger partial charge on any atom is 0.244 e. The molecule has 0 aliphatic carbocycles. The van der Waals surface area contributed by atoms with E-state index in [1.54, 1.807) is 31.2 Å². The first-order valence-corrected chi connectivity index (χ1v) is 9.54. The first-order valence-electron chi connectivity index (χ1n) is 7.69. The third-order valence-corrected chi connectivity index (χ3v) is 4.82. The molecule has 0 aliphatic rings. The minimum Gasteiger partial charge on any atom is -0.467 e. The van der Waals surface area contributed by atoms with Gasteiger partial charge < -0.3 is 9.73 Å². The van der Waals surface area contributed by atoms with Crippen LogP contribution in [0.1, 0.15) is 24.7 Å². The van der Waals surface area contributed by atoms with Gasteiger partial charge in [-0.25, -0.2) is 8.42 Å². The summed E-state index contributed by atoms with van der Waals surface area (Å²) in [5, 5.41) is 2.73. The lowest BCUT2D eigenvalue weighted by molar-refractivity contribution is -0.122. The van der Waals surface area contributed by atoms with Crippen molar-refractivity contribution in [3.8, 4) is 0 Å². The van der Waals surface area contributed by atoms with Crippen LogP contribution in [0.5, 0.6) is 0 Å². The van der Waals surface area contributed by atoms with Crippen molar-refractivity contribution in [3.63, 3.8) is 0 Å². The Morgan fingerprint density at radius 2 is 1.92 bits per heavy atom. The first-order chi connectivity index (χ1) is 11.3. The second kappa shape index (κ2) is 7.53. The standard InChI is InChI=1S/C17H22N2O4S/c1-4-16(17(20)18-12-15-6-5-11-23-15)19(24(3,21)22)14-9-7-13(2)8-10-14/h5-11,16H,4,12H2,1-3H3,(H,18,20)/t16-/m0/s1. The van der Waals surface area contributed by atoms with Crippen molar-refractivity contribution in [3.05, 3.63) is 54.0 Å². The fourth-order valence-corrected chi connectivity index (χ4v) is 3.67. The van der Waals surface area contributed by atoms with Gasteiger partial charge in [-0.2, -0.15) is 0 Å². The van der Waals surface area contributed by atoms with Crippen LogP contribution in [0.3, 0.4) is 0 Å². The summed E-state index contributed by atoms with van der Waals surface area (Å²) in [4.78, 5) is 12.5. The number of carbonyl (C=O) groups excluding carboxylic acids is 1. The fourth-order valence-electron chi connectivity index (χ4n) is 2.46. The molecular weight excluding hydrogens is 328 g/mol. The zero-order chi connectivity index (χ0) is 17.7. The van der Waals surface area contributed by atoms with Crippen molar-refractivity contribution < 1.29 is 17.6 Å².